The summed E-state index contributed by atoms with van der Waals surface area (Å²) in [6.07, 6.45) is 2.28. The van der Waals surface area contributed by atoms with Crippen LogP contribution in [0.15, 0.2) is 18.2 Å². The van der Waals surface area contributed by atoms with Gasteiger partial charge in [0.1, 0.15) is 5.82 Å². The molecule has 0 aromatic heterocycles. The third-order valence-electron chi connectivity index (χ3n) is 3.26. The second-order valence-electron chi connectivity index (χ2n) is 4.73. The Morgan fingerprint density at radius 3 is 2.86 bits per heavy atom. The van der Waals surface area contributed by atoms with E-state index in [9.17, 15) is 14.0 Å². The van der Waals surface area contributed by atoms with Gasteiger partial charge in [-0.15, -0.1) is 12.4 Å². The maximum atomic E-state index is 13.6. The maximum Gasteiger partial charge on any atom is 0.337 e. The van der Waals surface area contributed by atoms with E-state index in [1.54, 1.807) is 0 Å². The quantitative estimate of drug-likeness (QED) is 0.835. The van der Waals surface area contributed by atoms with Crippen molar-refractivity contribution in [3.63, 3.8) is 0 Å². The zero-order valence-electron chi connectivity index (χ0n) is 11.6. The van der Waals surface area contributed by atoms with Crippen LogP contribution < -0.4 is 10.6 Å². The van der Waals surface area contributed by atoms with Crippen LogP contribution >= 0.6 is 12.4 Å². The van der Waals surface area contributed by atoms with E-state index >= 15 is 0 Å². The molecule has 7 heteroatoms. The highest BCUT2D eigenvalue weighted by Gasteiger charge is 2.19. The maximum absolute atomic E-state index is 13.6. The van der Waals surface area contributed by atoms with E-state index in [-0.39, 0.29) is 35.6 Å². The first kappa shape index (κ1) is 17.4. The van der Waals surface area contributed by atoms with E-state index in [1.807, 2.05) is 0 Å². The number of methoxy groups -OCH3 is 1. The summed E-state index contributed by atoms with van der Waals surface area (Å²) in [4.78, 5) is 23.2. The van der Waals surface area contributed by atoms with Crippen molar-refractivity contribution in [1.82, 2.24) is 5.32 Å². The van der Waals surface area contributed by atoms with E-state index in [0.717, 1.165) is 25.5 Å². The summed E-state index contributed by atoms with van der Waals surface area (Å²) in [7, 11) is 1.25. The van der Waals surface area contributed by atoms with E-state index in [0.29, 0.717) is 6.42 Å². The van der Waals surface area contributed by atoms with Crippen LogP contribution in [-0.2, 0) is 9.53 Å². The lowest BCUT2D eigenvalue weighted by Gasteiger charge is -2.11. The zero-order valence-corrected chi connectivity index (χ0v) is 12.5. The van der Waals surface area contributed by atoms with Gasteiger partial charge in [-0.25, -0.2) is 9.18 Å². The van der Waals surface area contributed by atoms with Crippen LogP contribution in [0, 0.1) is 5.82 Å². The van der Waals surface area contributed by atoms with Gasteiger partial charge in [-0.2, -0.15) is 0 Å². The van der Waals surface area contributed by atoms with Gasteiger partial charge in [0, 0.05) is 12.5 Å². The van der Waals surface area contributed by atoms with Gasteiger partial charge < -0.3 is 15.4 Å². The lowest BCUT2D eigenvalue weighted by Crippen LogP contribution is -2.27. The van der Waals surface area contributed by atoms with Crippen LogP contribution in [-0.4, -0.2) is 31.6 Å². The lowest BCUT2D eigenvalue weighted by atomic mass is 10.1. The van der Waals surface area contributed by atoms with Crippen LogP contribution in [0.4, 0.5) is 10.1 Å². The van der Waals surface area contributed by atoms with Gasteiger partial charge in [0.05, 0.1) is 18.4 Å². The van der Waals surface area contributed by atoms with E-state index in [4.69, 9.17) is 0 Å². The highest BCUT2D eigenvalue weighted by Crippen LogP contribution is 2.18. The predicted octanol–water partition coefficient (Wildman–Crippen LogP) is 2.11. The normalized spacial score (nSPS) is 17.0. The van der Waals surface area contributed by atoms with Crippen molar-refractivity contribution in [2.45, 2.75) is 25.3 Å². The van der Waals surface area contributed by atoms with E-state index in [2.05, 4.69) is 15.4 Å². The zero-order chi connectivity index (χ0) is 14.5. The van der Waals surface area contributed by atoms with Crippen LogP contribution in [0.3, 0.4) is 0 Å². The van der Waals surface area contributed by atoms with Gasteiger partial charge in [0.2, 0.25) is 5.91 Å². The van der Waals surface area contributed by atoms with Gasteiger partial charge >= 0.3 is 5.97 Å². The van der Waals surface area contributed by atoms with Crippen LogP contribution in [0.5, 0.6) is 0 Å². The number of carbonyl (C=O) groups is 2. The number of hydrogen-bond acceptors (Lipinski definition) is 4. The molecule has 1 aliphatic rings. The number of benzene rings is 1. The molecule has 1 heterocycles. The highest BCUT2D eigenvalue weighted by molar-refractivity contribution is 5.94. The molecule has 0 spiro atoms. The summed E-state index contributed by atoms with van der Waals surface area (Å²) in [6.45, 7) is 0.907. The molecule has 1 aliphatic heterocycles. The molecule has 1 aromatic carbocycles. The Bertz CT molecular complexity index is 519. The topological polar surface area (TPSA) is 67.4 Å². The molecular formula is C14H18ClFN2O3. The molecule has 1 fully saturated rings. The van der Waals surface area contributed by atoms with Gasteiger partial charge in [0.15, 0.2) is 0 Å². The smallest absolute Gasteiger partial charge is 0.337 e. The Hall–Kier alpha value is -1.66. The third kappa shape index (κ3) is 4.68. The molecule has 0 aliphatic carbocycles. The molecule has 1 saturated heterocycles. The third-order valence-corrected chi connectivity index (χ3v) is 3.26. The molecule has 5 nitrogen and oxygen atoms in total. The molecular weight excluding hydrogens is 299 g/mol. The molecule has 2 N–H and O–H groups in total. The van der Waals surface area contributed by atoms with Gasteiger partial charge in [-0.3, -0.25) is 4.79 Å². The molecule has 1 aromatic rings. The van der Waals surface area contributed by atoms with Crippen molar-refractivity contribution in [3.05, 3.63) is 29.6 Å². The summed E-state index contributed by atoms with van der Waals surface area (Å²) in [6, 6.07) is 3.87. The Labute approximate surface area is 128 Å². The molecule has 2 rings (SSSR count). The number of esters is 1. The summed E-state index contributed by atoms with van der Waals surface area (Å²) in [5.41, 5.74) is 0.194. The first-order chi connectivity index (χ1) is 9.60. The number of amides is 1. The number of hydrogen-bond donors (Lipinski definition) is 2. The second-order valence-corrected chi connectivity index (χ2v) is 4.73. The minimum Gasteiger partial charge on any atom is -0.465 e. The van der Waals surface area contributed by atoms with Crippen LogP contribution in [0.25, 0.3) is 0 Å². The van der Waals surface area contributed by atoms with Gasteiger partial charge in [-0.05, 0) is 37.6 Å². The molecule has 0 bridgehead atoms. The van der Waals surface area contributed by atoms with Crippen LogP contribution in [0.1, 0.15) is 29.6 Å². The Balaban J connectivity index is 0.00000220. The summed E-state index contributed by atoms with van der Waals surface area (Å²) in [5.74, 6) is -1.42. The van der Waals surface area contributed by atoms with Crippen molar-refractivity contribution in [3.8, 4) is 0 Å². The molecule has 116 valence electrons. The van der Waals surface area contributed by atoms with Gasteiger partial charge in [0.25, 0.3) is 0 Å². The summed E-state index contributed by atoms with van der Waals surface area (Å²) >= 11 is 0. The van der Waals surface area contributed by atoms with Crippen molar-refractivity contribution >= 4 is 30.0 Å². The average molecular weight is 317 g/mol. The van der Waals surface area contributed by atoms with Crippen molar-refractivity contribution in [1.29, 1.82) is 0 Å². The molecule has 1 atom stereocenters. The van der Waals surface area contributed by atoms with Crippen molar-refractivity contribution in [2.24, 2.45) is 0 Å². The minimum atomic E-state index is -0.578. The SMILES string of the molecule is COC(=O)c1ccc(F)c(NC(=O)CC2CCCN2)c1.Cl. The Morgan fingerprint density at radius 2 is 2.24 bits per heavy atom. The second kappa shape index (κ2) is 7.95. The highest BCUT2D eigenvalue weighted by atomic mass is 35.5. The molecule has 1 unspecified atom stereocenters. The molecule has 0 radical (unpaired) electrons. The number of ether oxygens (including phenoxy) is 1. The molecule has 1 amide bonds. The fraction of sp³-hybridized carbons (Fsp3) is 0.429. The van der Waals surface area contributed by atoms with Gasteiger partial charge in [-0.1, -0.05) is 0 Å². The molecule has 21 heavy (non-hydrogen) atoms. The fourth-order valence-electron chi connectivity index (χ4n) is 2.22. The Kier molecular flexibility index (Phi) is 6.58. The number of halogens is 2. The Morgan fingerprint density at radius 1 is 1.48 bits per heavy atom. The first-order valence-corrected chi connectivity index (χ1v) is 6.51. The number of rotatable bonds is 4. The standard InChI is InChI=1S/C14H17FN2O3.ClH/c1-20-14(19)9-4-5-11(15)12(7-9)17-13(18)8-10-3-2-6-16-10;/h4-5,7,10,16H,2-3,6,8H2,1H3,(H,17,18);1H. The van der Waals surface area contributed by atoms with Crippen LogP contribution in [0.2, 0.25) is 0 Å². The lowest BCUT2D eigenvalue weighted by molar-refractivity contribution is -0.116. The monoisotopic (exact) mass is 316 g/mol. The number of carbonyl (C=O) groups excluding carboxylic acids is 2. The largest absolute Gasteiger partial charge is 0.465 e. The first-order valence-electron chi connectivity index (χ1n) is 6.51. The predicted molar refractivity (Wildman–Crippen MR) is 79.3 cm³/mol. The fourth-order valence-corrected chi connectivity index (χ4v) is 2.22. The van der Waals surface area contributed by atoms with E-state index in [1.165, 1.54) is 19.2 Å². The number of anilines is 1. The average Bonchev–Trinajstić information content (AvgIpc) is 2.93. The summed E-state index contributed by atoms with van der Waals surface area (Å²) in [5, 5.41) is 5.69. The van der Waals surface area contributed by atoms with Crippen molar-refractivity contribution < 1.29 is 18.7 Å². The minimum absolute atomic E-state index is 0. The molecule has 0 saturated carbocycles. The van der Waals surface area contributed by atoms with Crippen molar-refractivity contribution in [2.75, 3.05) is 19.0 Å². The number of nitrogens with one attached hydrogen (secondary N) is 2. The summed E-state index contributed by atoms with van der Waals surface area (Å²) < 4.78 is 18.2. The van der Waals surface area contributed by atoms with E-state index < -0.39 is 11.8 Å².